The maximum atomic E-state index is 10.8. The lowest BCUT2D eigenvalue weighted by molar-refractivity contribution is 0.0697. The van der Waals surface area contributed by atoms with Crippen LogP contribution in [0, 0.1) is 0 Å². The van der Waals surface area contributed by atoms with Crippen molar-refractivity contribution >= 4 is 17.7 Å². The van der Waals surface area contributed by atoms with Gasteiger partial charge in [0.05, 0.1) is 12.1 Å². The second-order valence-electron chi connectivity index (χ2n) is 4.25. The summed E-state index contributed by atoms with van der Waals surface area (Å²) >= 11 is 0. The molecule has 100 valence electrons. The molecule has 2 aromatic rings. The summed E-state index contributed by atoms with van der Waals surface area (Å²) in [6, 6.07) is 6.61. The highest BCUT2D eigenvalue weighted by atomic mass is 16.4. The van der Waals surface area contributed by atoms with Crippen LogP contribution < -0.4 is 5.32 Å². The van der Waals surface area contributed by atoms with E-state index in [0.29, 0.717) is 18.1 Å². The van der Waals surface area contributed by atoms with E-state index < -0.39 is 5.97 Å². The first-order valence-corrected chi connectivity index (χ1v) is 5.62. The third-order valence-electron chi connectivity index (χ3n) is 2.28. The molecule has 0 bridgehead atoms. The van der Waals surface area contributed by atoms with Gasteiger partial charge in [-0.25, -0.2) is 4.79 Å². The minimum Gasteiger partial charge on any atom is -0.478 e. The van der Waals surface area contributed by atoms with Gasteiger partial charge in [-0.3, -0.25) is 0 Å². The molecule has 0 atom stereocenters. The monoisotopic (exact) mass is 262 g/mol. The number of nitrogens with one attached hydrogen (secondary N) is 1. The standard InChI is InChI=1S/C12H14N4O3/c1-16(2)7-10-14-15-12(19-10)13-9-5-3-4-8(6-9)11(17)18/h3-6H,7H2,1-2H3,(H,13,15)(H,17,18). The predicted molar refractivity (Wildman–Crippen MR) is 68.4 cm³/mol. The highest BCUT2D eigenvalue weighted by Crippen LogP contribution is 2.17. The topological polar surface area (TPSA) is 91.5 Å². The fourth-order valence-electron chi connectivity index (χ4n) is 1.49. The Morgan fingerprint density at radius 1 is 1.42 bits per heavy atom. The Balaban J connectivity index is 2.10. The van der Waals surface area contributed by atoms with Crippen LogP contribution in [0.1, 0.15) is 16.2 Å². The van der Waals surface area contributed by atoms with Crippen molar-refractivity contribution in [2.24, 2.45) is 0 Å². The zero-order valence-corrected chi connectivity index (χ0v) is 10.6. The first-order chi connectivity index (χ1) is 9.04. The van der Waals surface area contributed by atoms with Gasteiger partial charge in [0.2, 0.25) is 5.89 Å². The van der Waals surface area contributed by atoms with Crippen molar-refractivity contribution in [2.45, 2.75) is 6.54 Å². The largest absolute Gasteiger partial charge is 0.478 e. The van der Waals surface area contributed by atoms with Crippen molar-refractivity contribution in [1.29, 1.82) is 0 Å². The maximum absolute atomic E-state index is 10.8. The Bertz CT molecular complexity index is 580. The van der Waals surface area contributed by atoms with Gasteiger partial charge < -0.3 is 19.7 Å². The van der Waals surface area contributed by atoms with Gasteiger partial charge in [-0.05, 0) is 32.3 Å². The molecule has 7 nitrogen and oxygen atoms in total. The normalized spacial score (nSPS) is 10.7. The molecule has 0 saturated heterocycles. The number of anilines is 2. The van der Waals surface area contributed by atoms with Gasteiger partial charge in [0.1, 0.15) is 0 Å². The molecule has 0 spiro atoms. The molecule has 0 fully saturated rings. The lowest BCUT2D eigenvalue weighted by atomic mass is 10.2. The maximum Gasteiger partial charge on any atom is 0.335 e. The molecule has 0 unspecified atom stereocenters. The summed E-state index contributed by atoms with van der Waals surface area (Å²) in [6.45, 7) is 0.545. The van der Waals surface area contributed by atoms with E-state index in [1.54, 1.807) is 12.1 Å². The van der Waals surface area contributed by atoms with E-state index in [2.05, 4.69) is 15.5 Å². The Morgan fingerprint density at radius 3 is 2.89 bits per heavy atom. The summed E-state index contributed by atoms with van der Waals surface area (Å²) in [5, 5.41) is 19.5. The highest BCUT2D eigenvalue weighted by Gasteiger charge is 2.08. The van der Waals surface area contributed by atoms with Crippen LogP contribution in [0.5, 0.6) is 0 Å². The number of hydrogen-bond donors (Lipinski definition) is 2. The van der Waals surface area contributed by atoms with Gasteiger partial charge in [0.15, 0.2) is 0 Å². The second-order valence-corrected chi connectivity index (χ2v) is 4.25. The molecule has 0 aliphatic rings. The minimum absolute atomic E-state index is 0.193. The van der Waals surface area contributed by atoms with E-state index in [0.717, 1.165) is 0 Å². The van der Waals surface area contributed by atoms with E-state index in [9.17, 15) is 4.79 Å². The van der Waals surface area contributed by atoms with Gasteiger partial charge >= 0.3 is 12.0 Å². The van der Waals surface area contributed by atoms with E-state index in [4.69, 9.17) is 9.52 Å². The Labute approximate surface area is 109 Å². The van der Waals surface area contributed by atoms with Crippen LogP contribution in [0.2, 0.25) is 0 Å². The third kappa shape index (κ3) is 3.52. The molecule has 1 aromatic heterocycles. The summed E-state index contributed by atoms with van der Waals surface area (Å²) in [5.74, 6) is -0.496. The number of aromatic carboxylic acids is 1. The second kappa shape index (κ2) is 5.49. The molecule has 1 aromatic carbocycles. The van der Waals surface area contributed by atoms with Crippen LogP contribution in [0.4, 0.5) is 11.7 Å². The zero-order valence-electron chi connectivity index (χ0n) is 10.6. The number of nitrogens with zero attached hydrogens (tertiary/aromatic N) is 3. The summed E-state index contributed by atoms with van der Waals surface area (Å²) in [7, 11) is 3.79. The number of aromatic nitrogens is 2. The zero-order chi connectivity index (χ0) is 13.8. The van der Waals surface area contributed by atoms with E-state index in [1.807, 2.05) is 19.0 Å². The van der Waals surface area contributed by atoms with Gasteiger partial charge in [0.25, 0.3) is 0 Å². The molecule has 2 rings (SSSR count). The van der Waals surface area contributed by atoms with E-state index in [1.165, 1.54) is 12.1 Å². The Kier molecular flexibility index (Phi) is 3.76. The number of carboxylic acid groups (broad SMARTS) is 1. The smallest absolute Gasteiger partial charge is 0.335 e. The Morgan fingerprint density at radius 2 is 2.21 bits per heavy atom. The van der Waals surface area contributed by atoms with Crippen molar-refractivity contribution in [2.75, 3.05) is 19.4 Å². The van der Waals surface area contributed by atoms with Crippen LogP contribution in [0.25, 0.3) is 0 Å². The van der Waals surface area contributed by atoms with Gasteiger partial charge in [-0.2, -0.15) is 0 Å². The molecule has 19 heavy (non-hydrogen) atoms. The van der Waals surface area contributed by atoms with Gasteiger partial charge in [-0.15, -0.1) is 5.10 Å². The van der Waals surface area contributed by atoms with Gasteiger partial charge in [0, 0.05) is 5.69 Å². The van der Waals surface area contributed by atoms with Gasteiger partial charge in [-0.1, -0.05) is 11.2 Å². The molecule has 0 amide bonds. The van der Waals surface area contributed by atoms with Crippen LogP contribution in [-0.2, 0) is 6.54 Å². The Hall–Kier alpha value is -2.41. The van der Waals surface area contributed by atoms with Crippen molar-refractivity contribution in [3.05, 3.63) is 35.7 Å². The van der Waals surface area contributed by atoms with E-state index in [-0.39, 0.29) is 11.6 Å². The molecule has 2 N–H and O–H groups in total. The third-order valence-corrected chi connectivity index (χ3v) is 2.28. The first kappa shape index (κ1) is 13.0. The number of hydrogen-bond acceptors (Lipinski definition) is 6. The van der Waals surface area contributed by atoms with Crippen molar-refractivity contribution in [3.8, 4) is 0 Å². The lowest BCUT2D eigenvalue weighted by Gasteiger charge is -2.04. The predicted octanol–water partition coefficient (Wildman–Crippen LogP) is 1.57. The SMILES string of the molecule is CN(C)Cc1nnc(Nc2cccc(C(=O)O)c2)o1. The van der Waals surface area contributed by atoms with Crippen molar-refractivity contribution < 1.29 is 14.3 Å². The lowest BCUT2D eigenvalue weighted by Crippen LogP contribution is -2.10. The van der Waals surface area contributed by atoms with Crippen LogP contribution >= 0.6 is 0 Å². The number of rotatable bonds is 5. The molecule has 7 heteroatoms. The average Bonchev–Trinajstić information content (AvgIpc) is 2.76. The highest BCUT2D eigenvalue weighted by molar-refractivity contribution is 5.88. The van der Waals surface area contributed by atoms with Crippen LogP contribution in [0.15, 0.2) is 28.7 Å². The summed E-state index contributed by atoms with van der Waals surface area (Å²) in [6.07, 6.45) is 0. The summed E-state index contributed by atoms with van der Waals surface area (Å²) in [5.41, 5.74) is 0.776. The molecular weight excluding hydrogens is 248 g/mol. The number of carboxylic acids is 1. The summed E-state index contributed by atoms with van der Waals surface area (Å²) in [4.78, 5) is 12.8. The molecule has 0 aliphatic carbocycles. The van der Waals surface area contributed by atoms with Crippen molar-refractivity contribution in [3.63, 3.8) is 0 Å². The minimum atomic E-state index is -0.984. The first-order valence-electron chi connectivity index (χ1n) is 5.62. The van der Waals surface area contributed by atoms with E-state index >= 15 is 0 Å². The molecule has 0 saturated carbocycles. The van der Waals surface area contributed by atoms with Crippen LogP contribution in [0.3, 0.4) is 0 Å². The summed E-state index contributed by atoms with van der Waals surface area (Å²) < 4.78 is 5.38. The fraction of sp³-hybridized carbons (Fsp3) is 0.250. The molecular formula is C12H14N4O3. The molecule has 1 heterocycles. The van der Waals surface area contributed by atoms with Crippen molar-refractivity contribution in [1.82, 2.24) is 15.1 Å². The molecule has 0 aliphatic heterocycles. The average molecular weight is 262 g/mol. The quantitative estimate of drug-likeness (QED) is 0.845. The van der Waals surface area contributed by atoms with Crippen LogP contribution in [-0.4, -0.2) is 40.3 Å². The number of benzene rings is 1. The molecule has 0 radical (unpaired) electrons. The fourth-order valence-corrected chi connectivity index (χ4v) is 1.49. The number of carbonyl (C=O) groups is 1.